The zero-order chi connectivity index (χ0) is 20.9. The number of piperidine rings is 1. The first kappa shape index (κ1) is 21.8. The first-order valence-corrected chi connectivity index (χ1v) is 11.8. The van der Waals surface area contributed by atoms with Crippen LogP contribution in [0.15, 0.2) is 23.1 Å². The first-order valence-electron chi connectivity index (χ1n) is 10.3. The zero-order valence-corrected chi connectivity index (χ0v) is 17.8. The van der Waals surface area contributed by atoms with Crippen molar-refractivity contribution >= 4 is 15.9 Å². The summed E-state index contributed by atoms with van der Waals surface area (Å²) in [5.41, 5.74) is 1.13. The summed E-state index contributed by atoms with van der Waals surface area (Å²) in [5, 5.41) is 9.02. The maximum Gasteiger partial charge on any atom is 0.254 e. The van der Waals surface area contributed by atoms with E-state index in [0.29, 0.717) is 38.4 Å². The molecular weight excluding hydrogens is 390 g/mol. The van der Waals surface area contributed by atoms with E-state index in [-0.39, 0.29) is 23.3 Å². The molecule has 0 N–H and O–H groups in total. The highest BCUT2D eigenvalue weighted by Crippen LogP contribution is 2.25. The standard InChI is InChI=1S/C21H29N3O4S/c1-17-6-7-19(29(26,27)23-11-3-2-4-12-23)16-20(17)21(25)24(13-5-10-22)18-8-14-28-15-9-18/h6-7,16,18H,2-5,8-9,11-15H2,1H3. The SMILES string of the molecule is Cc1ccc(S(=O)(=O)N2CCCCC2)cc1C(=O)N(CCC#N)C1CCOCC1. The van der Waals surface area contributed by atoms with Crippen LogP contribution in [-0.4, -0.2) is 62.4 Å². The topological polar surface area (TPSA) is 90.7 Å². The molecule has 2 saturated heterocycles. The molecule has 1 aromatic carbocycles. The lowest BCUT2D eigenvalue weighted by atomic mass is 10.0. The van der Waals surface area contributed by atoms with Crippen LogP contribution in [0, 0.1) is 18.3 Å². The van der Waals surface area contributed by atoms with Crippen LogP contribution in [0.1, 0.15) is 54.4 Å². The van der Waals surface area contributed by atoms with Gasteiger partial charge in [0.2, 0.25) is 10.0 Å². The Morgan fingerprint density at radius 1 is 1.24 bits per heavy atom. The highest BCUT2D eigenvalue weighted by atomic mass is 32.2. The summed E-state index contributed by atoms with van der Waals surface area (Å²) < 4.78 is 33.0. The van der Waals surface area contributed by atoms with Gasteiger partial charge in [-0.05, 0) is 50.3 Å². The van der Waals surface area contributed by atoms with Gasteiger partial charge in [-0.1, -0.05) is 12.5 Å². The molecule has 2 fully saturated rings. The minimum Gasteiger partial charge on any atom is -0.381 e. The van der Waals surface area contributed by atoms with Crippen LogP contribution in [0.3, 0.4) is 0 Å². The monoisotopic (exact) mass is 419 g/mol. The third-order valence-electron chi connectivity index (χ3n) is 5.75. The van der Waals surface area contributed by atoms with E-state index in [4.69, 9.17) is 10.00 Å². The van der Waals surface area contributed by atoms with Crippen LogP contribution in [0.5, 0.6) is 0 Å². The van der Waals surface area contributed by atoms with Gasteiger partial charge < -0.3 is 9.64 Å². The van der Waals surface area contributed by atoms with Gasteiger partial charge in [-0.3, -0.25) is 4.79 Å². The van der Waals surface area contributed by atoms with E-state index in [1.54, 1.807) is 17.0 Å². The Morgan fingerprint density at radius 3 is 2.59 bits per heavy atom. The van der Waals surface area contributed by atoms with Gasteiger partial charge in [0, 0.05) is 44.5 Å². The minimum absolute atomic E-state index is 0.00589. The number of nitriles is 1. The molecule has 0 aliphatic carbocycles. The number of rotatable bonds is 6. The normalized spacial score (nSPS) is 18.9. The van der Waals surface area contributed by atoms with Gasteiger partial charge in [0.25, 0.3) is 5.91 Å². The van der Waals surface area contributed by atoms with Crippen LogP contribution < -0.4 is 0 Å². The van der Waals surface area contributed by atoms with Crippen molar-refractivity contribution in [3.8, 4) is 6.07 Å². The van der Waals surface area contributed by atoms with E-state index in [2.05, 4.69) is 6.07 Å². The minimum atomic E-state index is -3.61. The van der Waals surface area contributed by atoms with Gasteiger partial charge in [0.05, 0.1) is 17.4 Å². The van der Waals surface area contributed by atoms with Crippen molar-refractivity contribution in [3.63, 3.8) is 0 Å². The summed E-state index contributed by atoms with van der Waals surface area (Å²) in [6.07, 6.45) is 4.46. The molecule has 158 valence electrons. The Balaban J connectivity index is 1.90. The molecule has 0 atom stereocenters. The molecule has 2 aliphatic heterocycles. The largest absolute Gasteiger partial charge is 0.381 e. The molecule has 0 radical (unpaired) electrons. The number of carbonyl (C=O) groups is 1. The van der Waals surface area contributed by atoms with E-state index in [1.165, 1.54) is 10.4 Å². The zero-order valence-electron chi connectivity index (χ0n) is 17.0. The first-order chi connectivity index (χ1) is 13.9. The number of hydrogen-bond acceptors (Lipinski definition) is 5. The van der Waals surface area contributed by atoms with Crippen molar-refractivity contribution in [1.29, 1.82) is 5.26 Å². The van der Waals surface area contributed by atoms with Crippen molar-refractivity contribution in [2.75, 3.05) is 32.8 Å². The average Bonchev–Trinajstić information content (AvgIpc) is 2.75. The van der Waals surface area contributed by atoms with Gasteiger partial charge in [0.15, 0.2) is 0 Å². The second-order valence-corrected chi connectivity index (χ2v) is 9.63. The number of benzene rings is 1. The lowest BCUT2D eigenvalue weighted by molar-refractivity contribution is 0.0295. The third-order valence-corrected chi connectivity index (χ3v) is 7.64. The Hall–Kier alpha value is -1.95. The third kappa shape index (κ3) is 4.97. The summed E-state index contributed by atoms with van der Waals surface area (Å²) >= 11 is 0. The van der Waals surface area contributed by atoms with E-state index in [0.717, 1.165) is 37.7 Å². The second-order valence-electron chi connectivity index (χ2n) is 7.69. The molecule has 0 saturated carbocycles. The predicted octanol–water partition coefficient (Wildman–Crippen LogP) is 2.70. The molecular formula is C21H29N3O4S. The molecule has 7 nitrogen and oxygen atoms in total. The number of aryl methyl sites for hydroxylation is 1. The van der Waals surface area contributed by atoms with Crippen LogP contribution >= 0.6 is 0 Å². The highest BCUT2D eigenvalue weighted by Gasteiger charge is 2.30. The fourth-order valence-electron chi connectivity index (χ4n) is 4.02. The van der Waals surface area contributed by atoms with Crippen LogP contribution in [0.2, 0.25) is 0 Å². The summed E-state index contributed by atoms with van der Waals surface area (Å²) in [4.78, 5) is 15.3. The van der Waals surface area contributed by atoms with Crippen LogP contribution in [0.4, 0.5) is 0 Å². The molecule has 1 amide bonds. The molecule has 2 aliphatic rings. The molecule has 0 unspecified atom stereocenters. The summed E-state index contributed by atoms with van der Waals surface area (Å²) in [5.74, 6) is -0.208. The molecule has 0 bridgehead atoms. The number of carbonyl (C=O) groups excluding carboxylic acids is 1. The molecule has 0 spiro atoms. The number of ether oxygens (including phenoxy) is 1. The van der Waals surface area contributed by atoms with Gasteiger partial charge in [0.1, 0.15) is 0 Å². The fraction of sp³-hybridized carbons (Fsp3) is 0.619. The van der Waals surface area contributed by atoms with Crippen LogP contribution in [-0.2, 0) is 14.8 Å². The van der Waals surface area contributed by atoms with Crippen molar-refractivity contribution < 1.29 is 17.9 Å². The molecule has 2 heterocycles. The van der Waals surface area contributed by atoms with Crippen LogP contribution in [0.25, 0.3) is 0 Å². The predicted molar refractivity (Wildman–Crippen MR) is 109 cm³/mol. The van der Waals surface area contributed by atoms with Crippen molar-refractivity contribution in [1.82, 2.24) is 9.21 Å². The summed E-state index contributed by atoms with van der Waals surface area (Å²) in [6.45, 7) is 4.37. The Labute approximate surface area is 173 Å². The second kappa shape index (κ2) is 9.70. The fourth-order valence-corrected chi connectivity index (χ4v) is 5.56. The van der Waals surface area contributed by atoms with E-state index < -0.39 is 10.0 Å². The van der Waals surface area contributed by atoms with Crippen molar-refractivity contribution in [2.45, 2.75) is 56.4 Å². The van der Waals surface area contributed by atoms with Crippen molar-refractivity contribution in [2.24, 2.45) is 0 Å². The van der Waals surface area contributed by atoms with Crippen molar-refractivity contribution in [3.05, 3.63) is 29.3 Å². The van der Waals surface area contributed by atoms with E-state index >= 15 is 0 Å². The molecule has 1 aromatic rings. The highest BCUT2D eigenvalue weighted by molar-refractivity contribution is 7.89. The Morgan fingerprint density at radius 2 is 1.93 bits per heavy atom. The van der Waals surface area contributed by atoms with Gasteiger partial charge in [-0.2, -0.15) is 9.57 Å². The number of sulfonamides is 1. The molecule has 0 aromatic heterocycles. The Kier molecular flexibility index (Phi) is 7.28. The average molecular weight is 420 g/mol. The lowest BCUT2D eigenvalue weighted by Crippen LogP contribution is -2.44. The summed E-state index contributed by atoms with van der Waals surface area (Å²) in [6, 6.07) is 6.92. The Bertz CT molecular complexity index is 866. The maximum atomic E-state index is 13.4. The summed E-state index contributed by atoms with van der Waals surface area (Å²) in [7, 11) is -3.61. The lowest BCUT2D eigenvalue weighted by Gasteiger charge is -2.34. The number of hydrogen-bond donors (Lipinski definition) is 0. The van der Waals surface area contributed by atoms with Gasteiger partial charge in [-0.25, -0.2) is 8.42 Å². The van der Waals surface area contributed by atoms with E-state index in [1.807, 2.05) is 6.92 Å². The maximum absolute atomic E-state index is 13.4. The quantitative estimate of drug-likeness (QED) is 0.707. The molecule has 29 heavy (non-hydrogen) atoms. The molecule has 8 heteroatoms. The number of nitrogens with zero attached hydrogens (tertiary/aromatic N) is 3. The van der Waals surface area contributed by atoms with Gasteiger partial charge in [-0.15, -0.1) is 0 Å². The van der Waals surface area contributed by atoms with Gasteiger partial charge >= 0.3 is 0 Å². The van der Waals surface area contributed by atoms with E-state index in [9.17, 15) is 13.2 Å². The smallest absolute Gasteiger partial charge is 0.254 e. The molecule has 3 rings (SSSR count). The number of amides is 1.